The second kappa shape index (κ2) is 2.67. The summed E-state index contributed by atoms with van der Waals surface area (Å²) in [5.41, 5.74) is 1.23. The van der Waals surface area contributed by atoms with Crippen LogP contribution in [0.5, 0.6) is 0 Å². The van der Waals surface area contributed by atoms with Gasteiger partial charge in [0.1, 0.15) is 0 Å². The molecule has 52 valence electrons. The van der Waals surface area contributed by atoms with E-state index in [-0.39, 0.29) is 1.43 Å². The molecule has 0 aliphatic rings. The highest BCUT2D eigenvalue weighted by Gasteiger charge is 1.95. The van der Waals surface area contributed by atoms with Crippen LogP contribution in [0.15, 0.2) is 12.5 Å². The van der Waals surface area contributed by atoms with Crippen molar-refractivity contribution >= 4 is 0 Å². The first-order valence-corrected chi connectivity index (χ1v) is 3.26. The fourth-order valence-electron chi connectivity index (χ4n) is 0.836. The maximum atomic E-state index is 3.92. The Balaban J connectivity index is 0.000000810. The highest BCUT2D eigenvalue weighted by atomic mass is 14.9. The Labute approximate surface area is 56.8 Å². The molecule has 0 radical (unpaired) electrons. The van der Waals surface area contributed by atoms with Gasteiger partial charge in [0, 0.05) is 13.3 Å². The van der Waals surface area contributed by atoms with E-state index in [0.717, 1.165) is 6.42 Å². The van der Waals surface area contributed by atoms with Crippen molar-refractivity contribution in [1.29, 1.82) is 0 Å². The van der Waals surface area contributed by atoms with Crippen LogP contribution in [0.4, 0.5) is 0 Å². The molecule has 0 aliphatic carbocycles. The lowest BCUT2D eigenvalue weighted by atomic mass is 10.1. The van der Waals surface area contributed by atoms with E-state index in [0.29, 0.717) is 5.92 Å². The Morgan fingerprint density at radius 2 is 2.56 bits per heavy atom. The first kappa shape index (κ1) is 6.33. The molecule has 0 atom stereocenters. The minimum Gasteiger partial charge on any atom is -0.348 e. The van der Waals surface area contributed by atoms with E-state index in [1.54, 1.807) is 6.33 Å². The molecule has 2 heteroatoms. The van der Waals surface area contributed by atoms with Crippen molar-refractivity contribution in [3.8, 4) is 0 Å². The van der Waals surface area contributed by atoms with Gasteiger partial charge >= 0.3 is 0 Å². The molecular formula is C7H14N2. The van der Waals surface area contributed by atoms with Crippen LogP contribution in [0.2, 0.25) is 0 Å². The van der Waals surface area contributed by atoms with Crippen LogP contribution < -0.4 is 0 Å². The maximum Gasteiger partial charge on any atom is 0.0921 e. The lowest BCUT2D eigenvalue weighted by Gasteiger charge is -1.98. The average Bonchev–Trinajstić information content (AvgIpc) is 2.15. The summed E-state index contributed by atoms with van der Waals surface area (Å²) in [5, 5.41) is 0. The molecule has 1 aromatic heterocycles. The van der Waals surface area contributed by atoms with Gasteiger partial charge in [-0.05, 0) is 12.3 Å². The van der Waals surface area contributed by atoms with Crippen LogP contribution >= 0.6 is 0 Å². The SMILES string of the molecule is CC(C)Cc1cnc[nH]1.[HH]. The van der Waals surface area contributed by atoms with Gasteiger partial charge < -0.3 is 4.98 Å². The Kier molecular flexibility index (Phi) is 1.88. The second-order valence-corrected chi connectivity index (χ2v) is 2.67. The third-order valence-corrected chi connectivity index (χ3v) is 1.18. The minimum atomic E-state index is 0. The van der Waals surface area contributed by atoms with Crippen molar-refractivity contribution in [3.63, 3.8) is 0 Å². The Bertz CT molecular complexity index is 158. The Morgan fingerprint density at radius 3 is 3.00 bits per heavy atom. The number of aromatic amines is 1. The molecule has 0 spiro atoms. The molecule has 1 rings (SSSR count). The van der Waals surface area contributed by atoms with Crippen LogP contribution in [0, 0.1) is 5.92 Å². The van der Waals surface area contributed by atoms with Crippen LogP contribution in [0.3, 0.4) is 0 Å². The van der Waals surface area contributed by atoms with Crippen LogP contribution in [-0.4, -0.2) is 9.97 Å². The van der Waals surface area contributed by atoms with E-state index in [1.807, 2.05) is 6.20 Å². The largest absolute Gasteiger partial charge is 0.348 e. The normalized spacial score (nSPS) is 10.6. The fourth-order valence-corrected chi connectivity index (χ4v) is 0.836. The predicted octanol–water partition coefficient (Wildman–Crippen LogP) is 1.85. The van der Waals surface area contributed by atoms with Crippen molar-refractivity contribution in [2.75, 3.05) is 0 Å². The number of hydrogen-bond donors (Lipinski definition) is 1. The standard InChI is InChI=1S/C7H12N2.H2/c1-6(2)3-7-4-8-5-9-7;/h4-6H,3H2,1-2H3,(H,8,9);1H. The fraction of sp³-hybridized carbons (Fsp3) is 0.571. The molecule has 0 saturated carbocycles. The van der Waals surface area contributed by atoms with Crippen molar-refractivity contribution in [1.82, 2.24) is 9.97 Å². The lowest BCUT2D eigenvalue weighted by molar-refractivity contribution is 0.637. The van der Waals surface area contributed by atoms with E-state index < -0.39 is 0 Å². The van der Waals surface area contributed by atoms with E-state index in [1.165, 1.54) is 5.69 Å². The number of rotatable bonds is 2. The van der Waals surface area contributed by atoms with Gasteiger partial charge in [-0.15, -0.1) is 0 Å². The van der Waals surface area contributed by atoms with Crippen molar-refractivity contribution in [3.05, 3.63) is 18.2 Å². The lowest BCUT2D eigenvalue weighted by Crippen LogP contribution is -1.92. The van der Waals surface area contributed by atoms with Gasteiger partial charge in [0.05, 0.1) is 6.33 Å². The Morgan fingerprint density at radius 1 is 1.78 bits per heavy atom. The van der Waals surface area contributed by atoms with Crippen molar-refractivity contribution in [2.45, 2.75) is 20.3 Å². The third-order valence-electron chi connectivity index (χ3n) is 1.18. The van der Waals surface area contributed by atoms with Gasteiger partial charge in [0.15, 0.2) is 0 Å². The summed E-state index contributed by atoms with van der Waals surface area (Å²) >= 11 is 0. The topological polar surface area (TPSA) is 28.7 Å². The molecule has 9 heavy (non-hydrogen) atoms. The smallest absolute Gasteiger partial charge is 0.0921 e. The summed E-state index contributed by atoms with van der Waals surface area (Å²) in [6, 6.07) is 0. The van der Waals surface area contributed by atoms with Crippen LogP contribution in [0.1, 0.15) is 21.0 Å². The molecule has 0 fully saturated rings. The molecule has 0 aliphatic heterocycles. The number of imidazole rings is 1. The average molecular weight is 126 g/mol. The zero-order chi connectivity index (χ0) is 6.69. The molecule has 0 bridgehead atoms. The Hall–Kier alpha value is -0.790. The zero-order valence-corrected chi connectivity index (χ0v) is 5.89. The van der Waals surface area contributed by atoms with Gasteiger partial charge in [-0.1, -0.05) is 13.8 Å². The highest BCUT2D eigenvalue weighted by Crippen LogP contribution is 2.01. The van der Waals surface area contributed by atoms with Crippen molar-refractivity contribution in [2.24, 2.45) is 5.92 Å². The summed E-state index contributed by atoms with van der Waals surface area (Å²) in [7, 11) is 0. The number of hydrogen-bond acceptors (Lipinski definition) is 1. The highest BCUT2D eigenvalue weighted by molar-refractivity contribution is 4.94. The van der Waals surface area contributed by atoms with Gasteiger partial charge in [-0.2, -0.15) is 0 Å². The molecule has 0 saturated heterocycles. The van der Waals surface area contributed by atoms with Crippen LogP contribution in [-0.2, 0) is 6.42 Å². The van der Waals surface area contributed by atoms with Gasteiger partial charge in [-0.3, -0.25) is 0 Å². The van der Waals surface area contributed by atoms with E-state index in [2.05, 4.69) is 23.8 Å². The third kappa shape index (κ3) is 1.88. The van der Waals surface area contributed by atoms with Crippen LogP contribution in [0.25, 0.3) is 0 Å². The van der Waals surface area contributed by atoms with Gasteiger partial charge in [0.2, 0.25) is 0 Å². The van der Waals surface area contributed by atoms with Crippen molar-refractivity contribution < 1.29 is 1.43 Å². The number of nitrogens with zero attached hydrogens (tertiary/aromatic N) is 1. The molecule has 0 unspecified atom stereocenters. The van der Waals surface area contributed by atoms with E-state index >= 15 is 0 Å². The number of nitrogens with one attached hydrogen (secondary N) is 1. The first-order chi connectivity index (χ1) is 4.29. The number of aromatic nitrogens is 2. The minimum absolute atomic E-state index is 0. The van der Waals surface area contributed by atoms with E-state index in [9.17, 15) is 0 Å². The molecule has 1 N–H and O–H groups in total. The summed E-state index contributed by atoms with van der Waals surface area (Å²) in [4.78, 5) is 6.98. The maximum absolute atomic E-state index is 3.92. The summed E-state index contributed by atoms with van der Waals surface area (Å²) in [6.45, 7) is 4.39. The molecule has 1 aromatic rings. The molecule has 1 heterocycles. The molecule has 0 amide bonds. The summed E-state index contributed by atoms with van der Waals surface area (Å²) < 4.78 is 0. The predicted molar refractivity (Wildman–Crippen MR) is 39.2 cm³/mol. The monoisotopic (exact) mass is 126 g/mol. The molecule has 2 nitrogen and oxygen atoms in total. The number of H-pyrrole nitrogens is 1. The van der Waals surface area contributed by atoms with E-state index in [4.69, 9.17) is 0 Å². The summed E-state index contributed by atoms with van der Waals surface area (Å²) in [6.07, 6.45) is 4.69. The molecular weight excluding hydrogens is 112 g/mol. The van der Waals surface area contributed by atoms with Gasteiger partial charge in [-0.25, -0.2) is 4.98 Å². The second-order valence-electron chi connectivity index (χ2n) is 2.67. The zero-order valence-electron chi connectivity index (χ0n) is 5.89. The quantitative estimate of drug-likeness (QED) is 0.643. The summed E-state index contributed by atoms with van der Waals surface area (Å²) in [5.74, 6) is 0.713. The first-order valence-electron chi connectivity index (χ1n) is 3.26. The molecule has 0 aromatic carbocycles. The van der Waals surface area contributed by atoms with Gasteiger partial charge in [0.25, 0.3) is 0 Å².